The molecule has 0 bridgehead atoms. The fraction of sp³-hybridized carbons (Fsp3) is 0.455. The van der Waals surface area contributed by atoms with Gasteiger partial charge in [-0.05, 0) is 25.0 Å². The average Bonchev–Trinajstić information content (AvgIpc) is 2.87. The van der Waals surface area contributed by atoms with Crippen LogP contribution in [0.15, 0.2) is 22.7 Å². The molecule has 0 atom stereocenters. The molecule has 2 nitrogen and oxygen atoms in total. The molecule has 1 saturated carbocycles. The molecule has 0 radical (unpaired) electrons. The van der Waals surface area contributed by atoms with Crippen molar-refractivity contribution in [2.24, 2.45) is 0 Å². The van der Waals surface area contributed by atoms with Gasteiger partial charge in [-0.3, -0.25) is 0 Å². The Kier molecular flexibility index (Phi) is 2.68. The molecule has 0 aromatic heterocycles. The Hall–Kier alpha value is -0.700. The Labute approximate surface area is 93.0 Å². The molecule has 1 aliphatic rings. The zero-order valence-electron chi connectivity index (χ0n) is 8.46. The van der Waals surface area contributed by atoms with Crippen LogP contribution in [0.25, 0.3) is 0 Å². The van der Waals surface area contributed by atoms with Gasteiger partial charge in [0.05, 0.1) is 6.10 Å². The number of anilines is 1. The monoisotopic (exact) mass is 255 g/mol. The van der Waals surface area contributed by atoms with Gasteiger partial charge in [0.1, 0.15) is 5.75 Å². The van der Waals surface area contributed by atoms with E-state index >= 15 is 0 Å². The summed E-state index contributed by atoms with van der Waals surface area (Å²) in [5.74, 6) is 0.963. The van der Waals surface area contributed by atoms with Crippen LogP contribution in [-0.2, 0) is 0 Å². The van der Waals surface area contributed by atoms with Gasteiger partial charge in [-0.1, -0.05) is 15.9 Å². The summed E-state index contributed by atoms with van der Waals surface area (Å²) in [5.41, 5.74) is 1.16. The molecule has 0 unspecified atom stereocenters. The van der Waals surface area contributed by atoms with Crippen LogP contribution in [0.3, 0.4) is 0 Å². The fourth-order valence-electron chi connectivity index (χ4n) is 1.25. The summed E-state index contributed by atoms with van der Waals surface area (Å²) in [6.45, 7) is 0. The van der Waals surface area contributed by atoms with E-state index in [0.717, 1.165) is 15.9 Å². The van der Waals surface area contributed by atoms with Crippen molar-refractivity contribution in [1.29, 1.82) is 0 Å². The van der Waals surface area contributed by atoms with Gasteiger partial charge in [0.25, 0.3) is 0 Å². The molecular formula is C11H14BrNO. The topological polar surface area (TPSA) is 12.5 Å². The minimum atomic E-state index is 0.458. The fourth-order valence-corrected chi connectivity index (χ4v) is 1.71. The summed E-state index contributed by atoms with van der Waals surface area (Å²) < 4.78 is 6.81. The van der Waals surface area contributed by atoms with E-state index < -0.39 is 0 Å². The largest absolute Gasteiger partial charge is 0.490 e. The van der Waals surface area contributed by atoms with Gasteiger partial charge in [0.15, 0.2) is 0 Å². The second kappa shape index (κ2) is 3.81. The lowest BCUT2D eigenvalue weighted by Crippen LogP contribution is -2.09. The maximum absolute atomic E-state index is 5.74. The van der Waals surface area contributed by atoms with Gasteiger partial charge in [0.2, 0.25) is 0 Å². The van der Waals surface area contributed by atoms with Crippen LogP contribution in [0.1, 0.15) is 12.8 Å². The van der Waals surface area contributed by atoms with E-state index in [2.05, 4.69) is 33.0 Å². The highest BCUT2D eigenvalue weighted by atomic mass is 79.9. The van der Waals surface area contributed by atoms with Crippen LogP contribution in [0.5, 0.6) is 5.75 Å². The van der Waals surface area contributed by atoms with E-state index in [9.17, 15) is 0 Å². The van der Waals surface area contributed by atoms with E-state index in [1.54, 1.807) is 0 Å². The molecule has 1 aromatic carbocycles. The third-order valence-electron chi connectivity index (χ3n) is 2.20. The molecule has 3 heteroatoms. The van der Waals surface area contributed by atoms with Crippen LogP contribution in [0.2, 0.25) is 0 Å². The molecule has 1 fully saturated rings. The van der Waals surface area contributed by atoms with Crippen molar-refractivity contribution in [1.82, 2.24) is 0 Å². The van der Waals surface area contributed by atoms with Crippen LogP contribution in [0.4, 0.5) is 5.69 Å². The van der Waals surface area contributed by atoms with Crippen molar-refractivity contribution in [2.45, 2.75) is 18.9 Å². The highest BCUT2D eigenvalue weighted by Gasteiger charge is 2.23. The number of rotatable bonds is 3. The predicted molar refractivity (Wildman–Crippen MR) is 62.1 cm³/mol. The quantitative estimate of drug-likeness (QED) is 0.824. The number of halogens is 1. The van der Waals surface area contributed by atoms with Crippen molar-refractivity contribution in [3.63, 3.8) is 0 Å². The summed E-state index contributed by atoms with van der Waals surface area (Å²) in [6.07, 6.45) is 2.85. The minimum Gasteiger partial charge on any atom is -0.490 e. The van der Waals surface area contributed by atoms with E-state index in [1.807, 2.05) is 20.2 Å². The van der Waals surface area contributed by atoms with Gasteiger partial charge >= 0.3 is 0 Å². The first-order valence-electron chi connectivity index (χ1n) is 4.80. The SMILES string of the molecule is CN(C)c1cc(Br)cc(OC2CC2)c1. The molecule has 0 amide bonds. The van der Waals surface area contributed by atoms with Crippen LogP contribution >= 0.6 is 15.9 Å². The predicted octanol–water partition coefficient (Wildman–Crippen LogP) is 3.06. The standard InChI is InChI=1S/C11H14BrNO/c1-13(2)9-5-8(12)6-11(7-9)14-10-3-4-10/h5-7,10H,3-4H2,1-2H3. The first-order valence-corrected chi connectivity index (χ1v) is 5.59. The molecule has 76 valence electrons. The molecule has 0 heterocycles. The number of benzene rings is 1. The Balaban J connectivity index is 2.21. The van der Waals surface area contributed by atoms with Gasteiger partial charge in [-0.25, -0.2) is 0 Å². The highest BCUT2D eigenvalue weighted by Crippen LogP contribution is 2.31. The molecule has 0 spiro atoms. The third-order valence-corrected chi connectivity index (χ3v) is 2.66. The molecule has 2 rings (SSSR count). The van der Waals surface area contributed by atoms with Gasteiger partial charge in [-0.15, -0.1) is 0 Å². The molecule has 1 aliphatic carbocycles. The van der Waals surface area contributed by atoms with Crippen molar-refractivity contribution < 1.29 is 4.74 Å². The molecular weight excluding hydrogens is 242 g/mol. The van der Waals surface area contributed by atoms with Gasteiger partial charge < -0.3 is 9.64 Å². The summed E-state index contributed by atoms with van der Waals surface area (Å²) in [6, 6.07) is 6.17. The van der Waals surface area contributed by atoms with E-state index in [-0.39, 0.29) is 0 Å². The molecule has 0 saturated heterocycles. The highest BCUT2D eigenvalue weighted by molar-refractivity contribution is 9.10. The molecule has 0 aliphatic heterocycles. The van der Waals surface area contributed by atoms with Crippen molar-refractivity contribution in [3.05, 3.63) is 22.7 Å². The molecule has 1 aromatic rings. The average molecular weight is 256 g/mol. The summed E-state index contributed by atoms with van der Waals surface area (Å²) >= 11 is 3.48. The van der Waals surface area contributed by atoms with Crippen molar-refractivity contribution in [2.75, 3.05) is 19.0 Å². The second-order valence-corrected chi connectivity index (χ2v) is 4.77. The first-order chi connectivity index (χ1) is 6.65. The number of nitrogens with zero attached hydrogens (tertiary/aromatic N) is 1. The summed E-state index contributed by atoms with van der Waals surface area (Å²) in [5, 5.41) is 0. The van der Waals surface area contributed by atoms with E-state index in [1.165, 1.54) is 12.8 Å². The van der Waals surface area contributed by atoms with Gasteiger partial charge in [0, 0.05) is 30.3 Å². The van der Waals surface area contributed by atoms with Crippen LogP contribution < -0.4 is 9.64 Å². The normalized spacial score (nSPS) is 15.4. The molecule has 14 heavy (non-hydrogen) atoms. The van der Waals surface area contributed by atoms with E-state index in [0.29, 0.717) is 6.10 Å². The zero-order valence-corrected chi connectivity index (χ0v) is 10.0. The summed E-state index contributed by atoms with van der Waals surface area (Å²) in [7, 11) is 4.06. The number of hydrogen-bond donors (Lipinski definition) is 0. The van der Waals surface area contributed by atoms with Crippen molar-refractivity contribution in [3.8, 4) is 5.75 Å². The first kappa shape index (κ1) is 9.84. The third kappa shape index (κ3) is 2.41. The lowest BCUT2D eigenvalue weighted by atomic mass is 10.3. The maximum Gasteiger partial charge on any atom is 0.122 e. The van der Waals surface area contributed by atoms with Crippen LogP contribution in [0, 0.1) is 0 Å². The van der Waals surface area contributed by atoms with Gasteiger partial charge in [-0.2, -0.15) is 0 Å². The zero-order chi connectivity index (χ0) is 10.1. The van der Waals surface area contributed by atoms with Crippen LogP contribution in [-0.4, -0.2) is 20.2 Å². The van der Waals surface area contributed by atoms with Crippen molar-refractivity contribution >= 4 is 21.6 Å². The maximum atomic E-state index is 5.74. The summed E-state index contributed by atoms with van der Waals surface area (Å²) in [4.78, 5) is 2.07. The lowest BCUT2D eigenvalue weighted by molar-refractivity contribution is 0.303. The Morgan fingerprint density at radius 2 is 2.00 bits per heavy atom. The minimum absolute atomic E-state index is 0.458. The Morgan fingerprint density at radius 1 is 1.29 bits per heavy atom. The Bertz CT molecular complexity index is 334. The lowest BCUT2D eigenvalue weighted by Gasteiger charge is -2.14. The Morgan fingerprint density at radius 3 is 2.57 bits per heavy atom. The number of ether oxygens (including phenoxy) is 1. The molecule has 0 N–H and O–H groups in total. The smallest absolute Gasteiger partial charge is 0.122 e. The second-order valence-electron chi connectivity index (χ2n) is 3.86. The number of hydrogen-bond acceptors (Lipinski definition) is 2. The van der Waals surface area contributed by atoms with E-state index in [4.69, 9.17) is 4.74 Å².